The standard InChI is InChI=1S/C10H15N5/c1-14(2)10-4-3-9-12-8(5-6-11)7-15(9)13-10/h3-4,7H,5-6,11H2,1-2H3. The molecule has 0 saturated heterocycles. The third-order valence-corrected chi connectivity index (χ3v) is 2.21. The highest BCUT2D eigenvalue weighted by atomic mass is 15.3. The normalized spacial score (nSPS) is 10.9. The second-order valence-electron chi connectivity index (χ2n) is 3.66. The van der Waals surface area contributed by atoms with Gasteiger partial charge in [-0.3, -0.25) is 0 Å². The molecule has 2 aromatic heterocycles. The highest BCUT2D eigenvalue weighted by Gasteiger charge is 2.03. The molecule has 0 fully saturated rings. The number of hydrogen-bond acceptors (Lipinski definition) is 4. The molecule has 0 aliphatic heterocycles. The number of aromatic nitrogens is 3. The van der Waals surface area contributed by atoms with Gasteiger partial charge in [0.25, 0.3) is 0 Å². The van der Waals surface area contributed by atoms with Crippen molar-refractivity contribution >= 4 is 11.5 Å². The first-order chi connectivity index (χ1) is 7.20. The fourth-order valence-electron chi connectivity index (χ4n) is 1.43. The number of nitrogens with zero attached hydrogens (tertiary/aromatic N) is 4. The Morgan fingerprint density at radius 3 is 2.87 bits per heavy atom. The molecule has 0 bridgehead atoms. The summed E-state index contributed by atoms with van der Waals surface area (Å²) < 4.78 is 1.79. The number of rotatable bonds is 3. The van der Waals surface area contributed by atoms with Gasteiger partial charge in [0, 0.05) is 20.5 Å². The van der Waals surface area contributed by atoms with Gasteiger partial charge in [0.05, 0.1) is 11.9 Å². The SMILES string of the molecule is CN(C)c1ccc2nc(CCN)cn2n1. The van der Waals surface area contributed by atoms with Crippen LogP contribution in [0, 0.1) is 0 Å². The van der Waals surface area contributed by atoms with Gasteiger partial charge in [-0.05, 0) is 18.7 Å². The molecule has 0 saturated carbocycles. The Morgan fingerprint density at radius 1 is 1.40 bits per heavy atom. The highest BCUT2D eigenvalue weighted by Crippen LogP contribution is 2.09. The third kappa shape index (κ3) is 1.92. The molecule has 80 valence electrons. The predicted octanol–water partition coefficient (Wildman–Crippen LogP) is 0.296. The quantitative estimate of drug-likeness (QED) is 0.782. The molecule has 0 atom stereocenters. The van der Waals surface area contributed by atoms with Gasteiger partial charge < -0.3 is 10.6 Å². The maximum Gasteiger partial charge on any atom is 0.153 e. The van der Waals surface area contributed by atoms with Crippen molar-refractivity contribution in [1.82, 2.24) is 14.6 Å². The highest BCUT2D eigenvalue weighted by molar-refractivity contribution is 5.45. The molecule has 0 aliphatic carbocycles. The maximum absolute atomic E-state index is 5.48. The van der Waals surface area contributed by atoms with Crippen molar-refractivity contribution in [3.05, 3.63) is 24.0 Å². The van der Waals surface area contributed by atoms with E-state index in [9.17, 15) is 0 Å². The van der Waals surface area contributed by atoms with E-state index < -0.39 is 0 Å². The molecule has 0 aliphatic rings. The van der Waals surface area contributed by atoms with E-state index in [2.05, 4.69) is 10.1 Å². The number of hydrogen-bond donors (Lipinski definition) is 1. The summed E-state index contributed by atoms with van der Waals surface area (Å²) in [4.78, 5) is 6.37. The van der Waals surface area contributed by atoms with Crippen molar-refractivity contribution in [2.24, 2.45) is 5.73 Å². The summed E-state index contributed by atoms with van der Waals surface area (Å²) in [6, 6.07) is 3.91. The lowest BCUT2D eigenvalue weighted by Gasteiger charge is -2.09. The van der Waals surface area contributed by atoms with E-state index in [0.29, 0.717) is 6.54 Å². The number of anilines is 1. The first kappa shape index (κ1) is 9.92. The van der Waals surface area contributed by atoms with Gasteiger partial charge in [0.15, 0.2) is 5.65 Å². The molecule has 15 heavy (non-hydrogen) atoms. The van der Waals surface area contributed by atoms with Crippen LogP contribution in [-0.4, -0.2) is 35.2 Å². The van der Waals surface area contributed by atoms with Crippen molar-refractivity contribution < 1.29 is 0 Å². The van der Waals surface area contributed by atoms with Crippen molar-refractivity contribution in [2.75, 3.05) is 25.5 Å². The van der Waals surface area contributed by atoms with Crippen molar-refractivity contribution in [3.63, 3.8) is 0 Å². The van der Waals surface area contributed by atoms with Crippen molar-refractivity contribution in [3.8, 4) is 0 Å². The Morgan fingerprint density at radius 2 is 2.20 bits per heavy atom. The van der Waals surface area contributed by atoms with E-state index in [4.69, 9.17) is 5.73 Å². The summed E-state index contributed by atoms with van der Waals surface area (Å²) in [5, 5.41) is 4.42. The van der Waals surface area contributed by atoms with Gasteiger partial charge >= 0.3 is 0 Å². The van der Waals surface area contributed by atoms with E-state index in [1.54, 1.807) is 4.52 Å². The van der Waals surface area contributed by atoms with E-state index in [1.165, 1.54) is 0 Å². The van der Waals surface area contributed by atoms with Crippen molar-refractivity contribution in [2.45, 2.75) is 6.42 Å². The van der Waals surface area contributed by atoms with Crippen LogP contribution in [0.25, 0.3) is 5.65 Å². The van der Waals surface area contributed by atoms with Gasteiger partial charge in [-0.2, -0.15) is 0 Å². The smallest absolute Gasteiger partial charge is 0.153 e. The lowest BCUT2D eigenvalue weighted by molar-refractivity contribution is 0.892. The molecular formula is C10H15N5. The summed E-state index contributed by atoms with van der Waals surface area (Å²) >= 11 is 0. The molecule has 0 radical (unpaired) electrons. The Bertz CT molecular complexity index is 460. The van der Waals surface area contributed by atoms with Crippen LogP contribution in [0.2, 0.25) is 0 Å². The molecule has 2 heterocycles. The molecule has 2 rings (SSSR count). The average Bonchev–Trinajstić information content (AvgIpc) is 2.59. The Kier molecular flexibility index (Phi) is 2.55. The maximum atomic E-state index is 5.48. The second-order valence-corrected chi connectivity index (χ2v) is 3.66. The largest absolute Gasteiger partial charge is 0.361 e. The number of imidazole rings is 1. The monoisotopic (exact) mass is 205 g/mol. The van der Waals surface area contributed by atoms with E-state index >= 15 is 0 Å². The lowest BCUT2D eigenvalue weighted by Crippen LogP contribution is -2.11. The van der Waals surface area contributed by atoms with E-state index in [0.717, 1.165) is 23.6 Å². The molecule has 2 aromatic rings. The molecule has 0 unspecified atom stereocenters. The van der Waals surface area contributed by atoms with Crippen LogP contribution in [-0.2, 0) is 6.42 Å². The van der Waals surface area contributed by atoms with Crippen LogP contribution >= 0.6 is 0 Å². The topological polar surface area (TPSA) is 59.5 Å². The second kappa shape index (κ2) is 3.86. The first-order valence-electron chi connectivity index (χ1n) is 4.93. The van der Waals surface area contributed by atoms with Gasteiger partial charge in [-0.15, -0.1) is 5.10 Å². The van der Waals surface area contributed by atoms with Gasteiger partial charge in [0.1, 0.15) is 5.82 Å². The fraction of sp³-hybridized carbons (Fsp3) is 0.400. The first-order valence-corrected chi connectivity index (χ1v) is 4.93. The van der Waals surface area contributed by atoms with Crippen LogP contribution in [0.4, 0.5) is 5.82 Å². The van der Waals surface area contributed by atoms with Gasteiger partial charge in [-0.1, -0.05) is 0 Å². The van der Waals surface area contributed by atoms with Crippen LogP contribution < -0.4 is 10.6 Å². The lowest BCUT2D eigenvalue weighted by atomic mass is 10.3. The van der Waals surface area contributed by atoms with Crippen LogP contribution in [0.15, 0.2) is 18.3 Å². The van der Waals surface area contributed by atoms with Crippen LogP contribution in [0.5, 0.6) is 0 Å². The zero-order valence-corrected chi connectivity index (χ0v) is 9.01. The minimum absolute atomic E-state index is 0.615. The van der Waals surface area contributed by atoms with Crippen LogP contribution in [0.3, 0.4) is 0 Å². The minimum Gasteiger partial charge on any atom is -0.361 e. The predicted molar refractivity (Wildman–Crippen MR) is 60.1 cm³/mol. The zero-order valence-electron chi connectivity index (χ0n) is 9.01. The molecule has 0 aromatic carbocycles. The molecule has 5 heteroatoms. The summed E-state index contributed by atoms with van der Waals surface area (Å²) in [5.41, 5.74) is 7.33. The van der Waals surface area contributed by atoms with Crippen molar-refractivity contribution in [1.29, 1.82) is 0 Å². The number of nitrogens with two attached hydrogens (primary N) is 1. The summed E-state index contributed by atoms with van der Waals surface area (Å²) in [6.07, 6.45) is 2.72. The molecule has 2 N–H and O–H groups in total. The number of fused-ring (bicyclic) bond motifs is 1. The summed E-state index contributed by atoms with van der Waals surface area (Å²) in [6.45, 7) is 0.615. The Hall–Kier alpha value is -1.62. The molecule has 0 spiro atoms. The summed E-state index contributed by atoms with van der Waals surface area (Å²) in [7, 11) is 3.93. The van der Waals surface area contributed by atoms with Crippen LogP contribution in [0.1, 0.15) is 5.69 Å². The fourth-order valence-corrected chi connectivity index (χ4v) is 1.43. The molecule has 5 nitrogen and oxygen atoms in total. The molecular weight excluding hydrogens is 190 g/mol. The zero-order chi connectivity index (χ0) is 10.8. The molecule has 0 amide bonds. The van der Waals surface area contributed by atoms with Gasteiger partial charge in [0.2, 0.25) is 0 Å². The Balaban J connectivity index is 2.43. The van der Waals surface area contributed by atoms with E-state index in [1.807, 2.05) is 37.3 Å². The minimum atomic E-state index is 0.615. The average molecular weight is 205 g/mol. The van der Waals surface area contributed by atoms with Gasteiger partial charge in [-0.25, -0.2) is 9.50 Å². The third-order valence-electron chi connectivity index (χ3n) is 2.21. The van der Waals surface area contributed by atoms with E-state index in [-0.39, 0.29) is 0 Å². The Labute approximate surface area is 88.5 Å². The summed E-state index contributed by atoms with van der Waals surface area (Å²) in [5.74, 6) is 0.916.